The molecule has 0 spiro atoms. The average molecular weight is 218 g/mol. The molecule has 0 amide bonds. The number of rotatable bonds is 3. The first-order chi connectivity index (χ1) is 6.97. The Bertz CT molecular complexity index is 397. The molecule has 0 unspecified atom stereocenters. The van der Waals surface area contributed by atoms with Gasteiger partial charge in [-0.15, -0.1) is 0 Å². The molecule has 1 aromatic rings. The lowest BCUT2D eigenvalue weighted by Crippen LogP contribution is -2.08. The van der Waals surface area contributed by atoms with Crippen LogP contribution in [0.1, 0.15) is 17.7 Å². The largest absolute Gasteiger partial charge is 0.383 e. The van der Waals surface area contributed by atoms with Crippen molar-refractivity contribution in [3.05, 3.63) is 27.4 Å². The fourth-order valence-electron chi connectivity index (χ4n) is 1.09. The van der Waals surface area contributed by atoms with E-state index in [4.69, 9.17) is 11.5 Å². The molecule has 0 aliphatic rings. The van der Waals surface area contributed by atoms with Crippen LogP contribution in [0, 0.1) is 10.1 Å². The normalized spacial score (nSPS) is 10.7. The lowest BCUT2D eigenvalue weighted by molar-refractivity contribution is -0.386. The van der Waals surface area contributed by atoms with Crippen molar-refractivity contribution in [2.24, 2.45) is 5.73 Å². The van der Waals surface area contributed by atoms with Gasteiger partial charge in [0.2, 0.25) is 0 Å². The Morgan fingerprint density at radius 1 is 1.60 bits per heavy atom. The van der Waals surface area contributed by atoms with Crippen molar-refractivity contribution >= 4 is 11.5 Å². The summed E-state index contributed by atoms with van der Waals surface area (Å²) in [4.78, 5) is 13.1. The summed E-state index contributed by atoms with van der Waals surface area (Å²) in [5.41, 5.74) is 8.86. The smallest absolute Gasteiger partial charge is 0.283 e. The molecule has 1 heterocycles. The molecule has 15 heavy (non-hydrogen) atoms. The number of nitrogen functional groups attached to an aromatic ring is 1. The standard InChI is InChI=1S/C7H8F2N4O2/c8-6(9)5-4(13(14)15)1-3(2-10)12-7(5)11/h1,6H,2,10H2,(H2,11,12). The third-order valence-corrected chi connectivity index (χ3v) is 1.74. The van der Waals surface area contributed by atoms with E-state index in [2.05, 4.69) is 4.98 Å². The number of nitro groups is 1. The van der Waals surface area contributed by atoms with Crippen LogP contribution in [0.15, 0.2) is 6.07 Å². The van der Waals surface area contributed by atoms with Gasteiger partial charge < -0.3 is 11.5 Å². The van der Waals surface area contributed by atoms with E-state index in [1.54, 1.807) is 0 Å². The van der Waals surface area contributed by atoms with Gasteiger partial charge in [-0.1, -0.05) is 0 Å². The minimum absolute atomic E-state index is 0.101. The van der Waals surface area contributed by atoms with Gasteiger partial charge in [-0.05, 0) is 0 Å². The van der Waals surface area contributed by atoms with Crippen molar-refractivity contribution < 1.29 is 13.7 Å². The molecule has 8 heteroatoms. The van der Waals surface area contributed by atoms with E-state index < -0.39 is 28.4 Å². The van der Waals surface area contributed by atoms with Gasteiger partial charge >= 0.3 is 0 Å². The number of pyridine rings is 1. The number of aromatic nitrogens is 1. The van der Waals surface area contributed by atoms with Gasteiger partial charge in [0.1, 0.15) is 11.4 Å². The molecule has 0 saturated heterocycles. The fraction of sp³-hybridized carbons (Fsp3) is 0.286. The van der Waals surface area contributed by atoms with E-state index in [1.807, 2.05) is 0 Å². The Labute approximate surface area is 83.0 Å². The SMILES string of the molecule is NCc1cc([N+](=O)[O-])c(C(F)F)c(N)n1. The molecule has 0 aliphatic carbocycles. The van der Waals surface area contributed by atoms with E-state index in [0.29, 0.717) is 0 Å². The maximum absolute atomic E-state index is 12.4. The van der Waals surface area contributed by atoms with E-state index in [1.165, 1.54) is 0 Å². The van der Waals surface area contributed by atoms with Crippen LogP contribution in [-0.2, 0) is 6.54 Å². The molecular formula is C7H8F2N4O2. The molecule has 0 aliphatic heterocycles. The van der Waals surface area contributed by atoms with Crippen molar-refractivity contribution in [2.75, 3.05) is 5.73 Å². The zero-order valence-corrected chi connectivity index (χ0v) is 7.48. The predicted octanol–water partition coefficient (Wildman–Crippen LogP) is 0.968. The highest BCUT2D eigenvalue weighted by Gasteiger charge is 2.26. The van der Waals surface area contributed by atoms with Crippen molar-refractivity contribution in [1.82, 2.24) is 4.98 Å². The maximum atomic E-state index is 12.4. The lowest BCUT2D eigenvalue weighted by Gasteiger charge is -2.06. The molecule has 6 nitrogen and oxygen atoms in total. The molecule has 82 valence electrons. The lowest BCUT2D eigenvalue weighted by atomic mass is 10.2. The number of nitrogens with zero attached hydrogens (tertiary/aromatic N) is 2. The van der Waals surface area contributed by atoms with Crippen LogP contribution in [0.3, 0.4) is 0 Å². The number of halogens is 2. The highest BCUT2D eigenvalue weighted by atomic mass is 19.3. The van der Waals surface area contributed by atoms with E-state index in [9.17, 15) is 18.9 Å². The van der Waals surface area contributed by atoms with Crippen LogP contribution >= 0.6 is 0 Å². The first-order valence-electron chi connectivity index (χ1n) is 3.89. The van der Waals surface area contributed by atoms with Crippen LogP contribution in [0.25, 0.3) is 0 Å². The van der Waals surface area contributed by atoms with Gasteiger partial charge in [0, 0.05) is 12.6 Å². The zero-order valence-electron chi connectivity index (χ0n) is 7.48. The van der Waals surface area contributed by atoms with Crippen LogP contribution in [0.5, 0.6) is 0 Å². The second-order valence-corrected chi connectivity index (χ2v) is 2.69. The molecule has 0 fully saturated rings. The molecule has 1 rings (SSSR count). The third kappa shape index (κ3) is 2.15. The predicted molar refractivity (Wildman–Crippen MR) is 48.2 cm³/mol. The van der Waals surface area contributed by atoms with Gasteiger partial charge in [-0.3, -0.25) is 10.1 Å². The Morgan fingerprint density at radius 3 is 2.60 bits per heavy atom. The van der Waals surface area contributed by atoms with Crippen molar-refractivity contribution in [1.29, 1.82) is 0 Å². The van der Waals surface area contributed by atoms with Crippen LogP contribution in [0.4, 0.5) is 20.3 Å². The Hall–Kier alpha value is -1.83. The summed E-state index contributed by atoms with van der Waals surface area (Å²) in [6, 6.07) is 0.901. The number of anilines is 1. The summed E-state index contributed by atoms with van der Waals surface area (Å²) in [6.07, 6.45) is -3.04. The Kier molecular flexibility index (Phi) is 3.10. The first-order valence-corrected chi connectivity index (χ1v) is 3.89. The van der Waals surface area contributed by atoms with Crippen molar-refractivity contribution in [3.63, 3.8) is 0 Å². The Balaban J connectivity index is 3.42. The molecule has 1 aromatic heterocycles. The Morgan fingerprint density at radius 2 is 2.20 bits per heavy atom. The van der Waals surface area contributed by atoms with Crippen molar-refractivity contribution in [3.8, 4) is 0 Å². The summed E-state index contributed by atoms with van der Waals surface area (Å²) in [5.74, 6) is -0.556. The van der Waals surface area contributed by atoms with Gasteiger partial charge in [-0.25, -0.2) is 13.8 Å². The quantitative estimate of drug-likeness (QED) is 0.580. The van der Waals surface area contributed by atoms with E-state index in [0.717, 1.165) is 6.07 Å². The van der Waals surface area contributed by atoms with Crippen molar-refractivity contribution in [2.45, 2.75) is 13.0 Å². The summed E-state index contributed by atoms with van der Waals surface area (Å²) >= 11 is 0. The minimum Gasteiger partial charge on any atom is -0.383 e. The summed E-state index contributed by atoms with van der Waals surface area (Å²) in [6.45, 7) is -0.103. The van der Waals surface area contributed by atoms with Gasteiger partial charge in [0.25, 0.3) is 12.1 Å². The summed E-state index contributed by atoms with van der Waals surface area (Å²) in [7, 11) is 0. The molecule has 0 saturated carbocycles. The molecule has 0 radical (unpaired) electrons. The van der Waals surface area contributed by atoms with Gasteiger partial charge in [0.15, 0.2) is 0 Å². The number of hydrogen-bond donors (Lipinski definition) is 2. The van der Waals surface area contributed by atoms with Gasteiger partial charge in [0.05, 0.1) is 10.6 Å². The molecule has 0 bridgehead atoms. The molecule has 4 N–H and O–H groups in total. The summed E-state index contributed by atoms with van der Waals surface area (Å²) in [5, 5.41) is 10.5. The van der Waals surface area contributed by atoms with Crippen LogP contribution in [0.2, 0.25) is 0 Å². The topological polar surface area (TPSA) is 108 Å². The monoisotopic (exact) mass is 218 g/mol. The van der Waals surface area contributed by atoms with Crippen LogP contribution < -0.4 is 11.5 Å². The third-order valence-electron chi connectivity index (χ3n) is 1.74. The average Bonchev–Trinajstić information content (AvgIpc) is 2.15. The second kappa shape index (κ2) is 4.13. The highest BCUT2D eigenvalue weighted by Crippen LogP contribution is 2.33. The number of nitrogens with two attached hydrogens (primary N) is 2. The van der Waals surface area contributed by atoms with Crippen LogP contribution in [-0.4, -0.2) is 9.91 Å². The van der Waals surface area contributed by atoms with E-state index >= 15 is 0 Å². The fourth-order valence-corrected chi connectivity index (χ4v) is 1.09. The minimum atomic E-state index is -3.04. The highest BCUT2D eigenvalue weighted by molar-refractivity contribution is 5.54. The molecule has 0 atom stereocenters. The first kappa shape index (κ1) is 11.2. The second-order valence-electron chi connectivity index (χ2n) is 2.69. The van der Waals surface area contributed by atoms with E-state index in [-0.39, 0.29) is 12.2 Å². The zero-order chi connectivity index (χ0) is 11.6. The molecule has 0 aromatic carbocycles. The maximum Gasteiger partial charge on any atom is 0.283 e. The summed E-state index contributed by atoms with van der Waals surface area (Å²) < 4.78 is 24.9. The number of alkyl halides is 2. The molecular weight excluding hydrogens is 210 g/mol. The van der Waals surface area contributed by atoms with Gasteiger partial charge in [-0.2, -0.15) is 0 Å². The number of hydrogen-bond acceptors (Lipinski definition) is 5.